The number of hydrogen-bond donors (Lipinski definition) is 1. The normalized spacial score (nSPS) is 10.1. The van der Waals surface area contributed by atoms with Gasteiger partial charge in [-0.05, 0) is 17.7 Å². The molecule has 0 saturated heterocycles. The third-order valence-corrected chi connectivity index (χ3v) is 5.30. The first-order valence-corrected chi connectivity index (χ1v) is 8.96. The van der Waals surface area contributed by atoms with Crippen molar-refractivity contribution in [1.82, 2.24) is 0 Å². The number of methoxy groups -OCH3 is 1. The van der Waals surface area contributed by atoms with Gasteiger partial charge in [0.05, 0.1) is 61.1 Å². The highest BCUT2D eigenvalue weighted by atomic mass is 35.5. The summed E-state index contributed by atoms with van der Waals surface area (Å²) in [6, 6.07) is 6.70. The number of rotatable bonds is 4. The Bertz CT molecular complexity index is 1000. The van der Waals surface area contributed by atoms with E-state index in [-0.39, 0.29) is 54.0 Å². The second-order valence-electron chi connectivity index (χ2n) is 5.10. The maximum atomic E-state index is 11.4. The fourth-order valence-corrected chi connectivity index (χ4v) is 3.61. The molecule has 2 aromatic carbocycles. The molecule has 138 valence electrons. The lowest BCUT2D eigenvalue weighted by Gasteiger charge is -2.17. The van der Waals surface area contributed by atoms with E-state index in [1.165, 1.54) is 19.2 Å². The largest absolute Gasteiger partial charge is 0.469 e. The van der Waals surface area contributed by atoms with E-state index < -0.39 is 5.97 Å². The van der Waals surface area contributed by atoms with Crippen molar-refractivity contribution in [1.29, 1.82) is 10.5 Å². The average molecular weight is 464 g/mol. The predicted octanol–water partition coefficient (Wildman–Crippen LogP) is 6.16. The van der Waals surface area contributed by atoms with Crippen LogP contribution >= 0.6 is 58.0 Å². The monoisotopic (exact) mass is 461 g/mol. The summed E-state index contributed by atoms with van der Waals surface area (Å²) in [7, 11) is 1.27. The standard InChI is InChI=1S/C17H8Cl5N3O2/c1-27-12(26)4-7-2-10(18)17(11(19)3-7)25-16-9(6-24)13(20)8(5-23)14(21)15(16)22/h2-3,25H,4H2,1H3. The average Bonchev–Trinajstić information content (AvgIpc) is 2.62. The Hall–Kier alpha value is -1.86. The van der Waals surface area contributed by atoms with Crippen LogP contribution < -0.4 is 5.32 Å². The SMILES string of the molecule is COC(=O)Cc1cc(Cl)c(Nc2c(Cl)c(Cl)c(C#N)c(Cl)c2C#N)c(Cl)c1. The van der Waals surface area contributed by atoms with Crippen LogP contribution in [0.2, 0.25) is 25.1 Å². The number of halogens is 5. The molecule has 0 aliphatic carbocycles. The highest BCUT2D eigenvalue weighted by Gasteiger charge is 2.23. The van der Waals surface area contributed by atoms with Gasteiger partial charge in [0.25, 0.3) is 0 Å². The molecular weight excluding hydrogens is 455 g/mol. The van der Waals surface area contributed by atoms with Crippen LogP contribution in [0.1, 0.15) is 16.7 Å². The first kappa shape index (κ1) is 21.4. The van der Waals surface area contributed by atoms with Crippen LogP contribution in [0.15, 0.2) is 12.1 Å². The van der Waals surface area contributed by atoms with Crippen molar-refractivity contribution in [3.8, 4) is 12.1 Å². The molecule has 0 bridgehead atoms. The third kappa shape index (κ3) is 4.35. The summed E-state index contributed by atoms with van der Waals surface area (Å²) in [5, 5.41) is 21.4. The highest BCUT2D eigenvalue weighted by molar-refractivity contribution is 6.47. The molecule has 0 heterocycles. The molecule has 27 heavy (non-hydrogen) atoms. The van der Waals surface area contributed by atoms with Crippen LogP contribution in [0.3, 0.4) is 0 Å². The fraction of sp³-hybridized carbons (Fsp3) is 0.118. The number of nitrogens with zero attached hydrogens (tertiary/aromatic N) is 2. The van der Waals surface area contributed by atoms with Gasteiger partial charge >= 0.3 is 5.97 Å². The number of nitriles is 2. The van der Waals surface area contributed by atoms with Crippen LogP contribution in [-0.2, 0) is 16.0 Å². The number of carbonyl (C=O) groups excluding carboxylic acids is 1. The topological polar surface area (TPSA) is 85.9 Å². The van der Waals surface area contributed by atoms with Gasteiger partial charge < -0.3 is 10.1 Å². The lowest BCUT2D eigenvalue weighted by molar-refractivity contribution is -0.139. The molecule has 1 N–H and O–H groups in total. The Labute approximate surface area is 179 Å². The summed E-state index contributed by atoms with van der Waals surface area (Å²) in [6.07, 6.45) is -0.0189. The molecular formula is C17H8Cl5N3O2. The second kappa shape index (κ2) is 8.89. The molecule has 0 atom stereocenters. The first-order chi connectivity index (χ1) is 12.7. The van der Waals surface area contributed by atoms with Gasteiger partial charge in [0.2, 0.25) is 0 Å². The van der Waals surface area contributed by atoms with Crippen LogP contribution in [-0.4, -0.2) is 13.1 Å². The first-order valence-electron chi connectivity index (χ1n) is 7.07. The van der Waals surface area contributed by atoms with E-state index in [0.717, 1.165) is 0 Å². The summed E-state index contributed by atoms with van der Waals surface area (Å²) in [5.74, 6) is -0.455. The molecule has 0 unspecified atom stereocenters. The van der Waals surface area contributed by atoms with Crippen LogP contribution in [0.5, 0.6) is 0 Å². The number of nitrogens with one attached hydrogen (secondary N) is 1. The number of ether oxygens (including phenoxy) is 1. The van der Waals surface area contributed by atoms with E-state index in [1.54, 1.807) is 6.07 Å². The van der Waals surface area contributed by atoms with Gasteiger partial charge in [-0.15, -0.1) is 0 Å². The summed E-state index contributed by atoms with van der Waals surface area (Å²) >= 11 is 30.9. The number of anilines is 2. The summed E-state index contributed by atoms with van der Waals surface area (Å²) in [6.45, 7) is 0. The Morgan fingerprint density at radius 3 is 2.00 bits per heavy atom. The van der Waals surface area contributed by atoms with E-state index in [0.29, 0.717) is 5.56 Å². The van der Waals surface area contributed by atoms with Crippen molar-refractivity contribution in [2.45, 2.75) is 6.42 Å². The second-order valence-corrected chi connectivity index (χ2v) is 7.05. The van der Waals surface area contributed by atoms with Gasteiger partial charge in [0.15, 0.2) is 0 Å². The summed E-state index contributed by atoms with van der Waals surface area (Å²) < 4.78 is 4.60. The minimum Gasteiger partial charge on any atom is -0.469 e. The molecule has 0 saturated carbocycles. The number of hydrogen-bond acceptors (Lipinski definition) is 5. The minimum atomic E-state index is -0.455. The smallest absolute Gasteiger partial charge is 0.309 e. The van der Waals surface area contributed by atoms with Gasteiger partial charge in [0, 0.05) is 0 Å². The van der Waals surface area contributed by atoms with E-state index in [1.807, 2.05) is 6.07 Å². The molecule has 0 spiro atoms. The van der Waals surface area contributed by atoms with Gasteiger partial charge in [-0.1, -0.05) is 58.0 Å². The maximum Gasteiger partial charge on any atom is 0.309 e. The molecule has 0 fully saturated rings. The fourth-order valence-electron chi connectivity index (χ4n) is 2.19. The van der Waals surface area contributed by atoms with Gasteiger partial charge in [-0.3, -0.25) is 4.79 Å². The zero-order valence-electron chi connectivity index (χ0n) is 13.5. The van der Waals surface area contributed by atoms with Crippen molar-refractivity contribution in [2.24, 2.45) is 0 Å². The van der Waals surface area contributed by atoms with Gasteiger partial charge in [-0.2, -0.15) is 10.5 Å². The Balaban J connectivity index is 2.57. The molecule has 0 aromatic heterocycles. The Morgan fingerprint density at radius 2 is 1.52 bits per heavy atom. The van der Waals surface area contributed by atoms with Crippen LogP contribution in [0.4, 0.5) is 11.4 Å². The predicted molar refractivity (Wildman–Crippen MR) is 106 cm³/mol. The highest BCUT2D eigenvalue weighted by Crippen LogP contribution is 2.44. The number of carbonyl (C=O) groups is 1. The maximum absolute atomic E-state index is 11.4. The van der Waals surface area contributed by atoms with Crippen molar-refractivity contribution in [2.75, 3.05) is 12.4 Å². The van der Waals surface area contributed by atoms with Crippen molar-refractivity contribution in [3.05, 3.63) is 53.9 Å². The summed E-state index contributed by atoms with van der Waals surface area (Å²) in [4.78, 5) is 11.4. The van der Waals surface area contributed by atoms with E-state index in [9.17, 15) is 10.1 Å². The number of benzene rings is 2. The molecule has 0 amide bonds. The molecule has 2 rings (SSSR count). The third-order valence-electron chi connectivity index (χ3n) is 3.47. The van der Waals surface area contributed by atoms with Gasteiger partial charge in [0.1, 0.15) is 12.1 Å². The number of esters is 1. The summed E-state index contributed by atoms with van der Waals surface area (Å²) in [5.41, 5.74) is 0.606. The van der Waals surface area contributed by atoms with Crippen molar-refractivity contribution in [3.63, 3.8) is 0 Å². The van der Waals surface area contributed by atoms with Crippen molar-refractivity contribution >= 4 is 75.3 Å². The molecule has 0 radical (unpaired) electrons. The van der Waals surface area contributed by atoms with E-state index in [2.05, 4.69) is 10.1 Å². The Morgan fingerprint density at radius 1 is 0.963 bits per heavy atom. The molecule has 5 nitrogen and oxygen atoms in total. The Kier molecular flexibility index (Phi) is 7.06. The zero-order chi connectivity index (χ0) is 20.3. The van der Waals surface area contributed by atoms with E-state index in [4.69, 9.17) is 63.3 Å². The molecule has 2 aromatic rings. The van der Waals surface area contributed by atoms with Crippen molar-refractivity contribution < 1.29 is 9.53 Å². The zero-order valence-corrected chi connectivity index (χ0v) is 17.2. The van der Waals surface area contributed by atoms with E-state index >= 15 is 0 Å². The minimum absolute atomic E-state index is 0.0189. The van der Waals surface area contributed by atoms with Gasteiger partial charge in [-0.25, -0.2) is 0 Å². The quantitative estimate of drug-likeness (QED) is 0.434. The van der Waals surface area contributed by atoms with Crippen LogP contribution in [0, 0.1) is 22.7 Å². The molecule has 10 heteroatoms. The molecule has 0 aliphatic rings. The lowest BCUT2D eigenvalue weighted by Crippen LogP contribution is -2.05. The lowest BCUT2D eigenvalue weighted by atomic mass is 10.1. The molecule has 0 aliphatic heterocycles. The van der Waals surface area contributed by atoms with Crippen LogP contribution in [0.25, 0.3) is 0 Å².